The molecule has 1 unspecified atom stereocenters. The van der Waals surface area contributed by atoms with E-state index in [1.54, 1.807) is 12.4 Å². The number of aromatic nitrogens is 4. The Kier molecular flexibility index (Phi) is 10.8. The number of nitrogens with zero attached hydrogens (tertiary/aromatic N) is 3. The summed E-state index contributed by atoms with van der Waals surface area (Å²) in [7, 11) is 0. The van der Waals surface area contributed by atoms with Crippen LogP contribution in [0.4, 0.5) is 5.69 Å². The van der Waals surface area contributed by atoms with Crippen molar-refractivity contribution in [1.82, 2.24) is 20.2 Å². The van der Waals surface area contributed by atoms with E-state index < -0.39 is 0 Å². The molecule has 3 aromatic rings. The summed E-state index contributed by atoms with van der Waals surface area (Å²) >= 11 is 0. The number of nitrogens with one attached hydrogen (secondary N) is 2. The lowest BCUT2D eigenvalue weighted by molar-refractivity contribution is 0.663. The first-order valence-corrected chi connectivity index (χ1v) is 7.21. The van der Waals surface area contributed by atoms with Crippen molar-refractivity contribution in [2.24, 2.45) is 5.73 Å². The second kappa shape index (κ2) is 11.7. The molecule has 0 amide bonds. The van der Waals surface area contributed by atoms with E-state index >= 15 is 0 Å². The van der Waals surface area contributed by atoms with Gasteiger partial charge in [-0.2, -0.15) is 5.10 Å². The second-order valence-electron chi connectivity index (χ2n) is 4.92. The Morgan fingerprint density at radius 1 is 1.00 bits per heavy atom. The van der Waals surface area contributed by atoms with Gasteiger partial charge in [0.15, 0.2) is 5.82 Å². The van der Waals surface area contributed by atoms with Crippen LogP contribution in [0, 0.1) is 0 Å². The predicted molar refractivity (Wildman–Crippen MR) is 108 cm³/mol. The van der Waals surface area contributed by atoms with Crippen molar-refractivity contribution in [3.63, 3.8) is 0 Å². The van der Waals surface area contributed by atoms with Crippen molar-refractivity contribution >= 4 is 42.9 Å². The molecule has 0 aliphatic heterocycles. The van der Waals surface area contributed by atoms with Crippen LogP contribution in [0.15, 0.2) is 54.9 Å². The highest BCUT2D eigenvalue weighted by molar-refractivity contribution is 5.86. The number of anilines is 1. The molecule has 1 atom stereocenters. The first kappa shape index (κ1) is 23.1. The van der Waals surface area contributed by atoms with Gasteiger partial charge in [0, 0.05) is 23.6 Å². The number of H-pyrrole nitrogens is 1. The first-order valence-electron chi connectivity index (χ1n) is 7.21. The van der Waals surface area contributed by atoms with E-state index in [1.807, 2.05) is 42.5 Å². The minimum absolute atomic E-state index is 0. The number of para-hydroxylation sites is 1. The van der Waals surface area contributed by atoms with E-state index in [2.05, 4.69) is 25.5 Å². The van der Waals surface area contributed by atoms with Gasteiger partial charge in [-0.3, -0.25) is 10.1 Å². The number of nitrogens with two attached hydrogens (primary N) is 1. The van der Waals surface area contributed by atoms with Gasteiger partial charge in [0.1, 0.15) is 5.82 Å². The third-order valence-electron chi connectivity index (χ3n) is 3.34. The highest BCUT2D eigenvalue weighted by Crippen LogP contribution is 2.21. The molecule has 0 bridgehead atoms. The molecule has 0 aliphatic rings. The predicted octanol–water partition coefficient (Wildman–Crippen LogP) is 3.63. The van der Waals surface area contributed by atoms with Crippen LogP contribution >= 0.6 is 37.2 Å². The molecule has 1 aromatic carbocycles. The number of halogens is 3. The summed E-state index contributed by atoms with van der Waals surface area (Å²) in [6.07, 6.45) is 4.22. The lowest BCUT2D eigenvalue weighted by atomic mass is 10.1. The molecule has 0 saturated heterocycles. The molecule has 0 aliphatic carbocycles. The topological polar surface area (TPSA) is 92.5 Å². The number of hydrogen-bond donors (Lipinski definition) is 3. The largest absolute Gasteiger partial charge is 0.375 e. The molecule has 6 nitrogen and oxygen atoms in total. The maximum atomic E-state index is 5.73. The molecule has 9 heteroatoms. The average molecular weight is 404 g/mol. The maximum absolute atomic E-state index is 5.73. The van der Waals surface area contributed by atoms with Gasteiger partial charge in [0.2, 0.25) is 0 Å². The van der Waals surface area contributed by atoms with Gasteiger partial charge in [-0.15, -0.1) is 37.2 Å². The molecule has 0 fully saturated rings. The first-order chi connectivity index (χ1) is 10.9. The highest BCUT2D eigenvalue weighted by Gasteiger charge is 2.16. The Labute approximate surface area is 165 Å². The monoisotopic (exact) mass is 402 g/mol. The summed E-state index contributed by atoms with van der Waals surface area (Å²) in [5.74, 6) is 1.44. The van der Waals surface area contributed by atoms with Crippen molar-refractivity contribution in [2.45, 2.75) is 12.5 Å². The maximum Gasteiger partial charge on any atom is 0.181 e. The quantitative estimate of drug-likeness (QED) is 0.584. The molecular formula is C16H21Cl3N6. The molecule has 3 rings (SSSR count). The van der Waals surface area contributed by atoms with Crippen LogP contribution in [-0.4, -0.2) is 26.7 Å². The van der Waals surface area contributed by atoms with Crippen molar-refractivity contribution in [1.29, 1.82) is 0 Å². The van der Waals surface area contributed by atoms with Gasteiger partial charge in [-0.1, -0.05) is 18.2 Å². The van der Waals surface area contributed by atoms with Crippen LogP contribution in [0.25, 0.3) is 11.4 Å². The van der Waals surface area contributed by atoms with Crippen molar-refractivity contribution in [3.8, 4) is 11.4 Å². The third kappa shape index (κ3) is 6.17. The third-order valence-corrected chi connectivity index (χ3v) is 3.34. The summed E-state index contributed by atoms with van der Waals surface area (Å²) in [5.41, 5.74) is 7.69. The lowest BCUT2D eigenvalue weighted by Gasteiger charge is -2.16. The Morgan fingerprint density at radius 3 is 2.32 bits per heavy atom. The van der Waals surface area contributed by atoms with Crippen LogP contribution < -0.4 is 11.1 Å². The molecule has 4 N–H and O–H groups in total. The summed E-state index contributed by atoms with van der Waals surface area (Å²) in [6, 6.07) is 13.8. The van der Waals surface area contributed by atoms with Crippen LogP contribution in [0.5, 0.6) is 0 Å². The summed E-state index contributed by atoms with van der Waals surface area (Å²) in [5, 5.41) is 10.7. The van der Waals surface area contributed by atoms with E-state index in [0.717, 1.165) is 23.5 Å². The van der Waals surface area contributed by atoms with E-state index in [9.17, 15) is 0 Å². The zero-order chi connectivity index (χ0) is 15.2. The van der Waals surface area contributed by atoms with Gasteiger partial charge < -0.3 is 11.1 Å². The van der Waals surface area contributed by atoms with Gasteiger partial charge in [0.05, 0.1) is 6.04 Å². The smallest absolute Gasteiger partial charge is 0.181 e. The number of aromatic amines is 1. The lowest BCUT2D eigenvalue weighted by Crippen LogP contribution is -2.16. The zero-order valence-electron chi connectivity index (χ0n) is 13.3. The van der Waals surface area contributed by atoms with Crippen molar-refractivity contribution < 1.29 is 0 Å². The fraction of sp³-hybridized carbons (Fsp3) is 0.188. The molecular weight excluding hydrogens is 383 g/mol. The van der Waals surface area contributed by atoms with E-state index in [-0.39, 0.29) is 43.3 Å². The Morgan fingerprint density at radius 2 is 1.68 bits per heavy atom. The molecule has 0 spiro atoms. The van der Waals surface area contributed by atoms with Crippen LogP contribution in [0.2, 0.25) is 0 Å². The Balaban J connectivity index is 0.00000192. The van der Waals surface area contributed by atoms with Crippen molar-refractivity contribution in [2.75, 3.05) is 11.9 Å². The normalized spacial score (nSPS) is 10.6. The number of hydrogen-bond acceptors (Lipinski definition) is 5. The van der Waals surface area contributed by atoms with Crippen LogP contribution in [-0.2, 0) is 0 Å². The average Bonchev–Trinajstić information content (AvgIpc) is 3.06. The number of benzene rings is 1. The zero-order valence-corrected chi connectivity index (χ0v) is 15.8. The van der Waals surface area contributed by atoms with Crippen LogP contribution in [0.3, 0.4) is 0 Å². The summed E-state index contributed by atoms with van der Waals surface area (Å²) < 4.78 is 0. The molecule has 2 heterocycles. The fourth-order valence-electron chi connectivity index (χ4n) is 2.24. The standard InChI is InChI=1S/C16H18N6.3ClH/c17-9-6-14(19-13-4-2-1-3-5-13)16-20-15(21-22-16)12-7-10-18-11-8-12;;;/h1-5,7-8,10-11,14,19H,6,9,17H2,(H,20,21,22);3*1H. The summed E-state index contributed by atoms with van der Waals surface area (Å²) in [4.78, 5) is 8.59. The summed E-state index contributed by atoms with van der Waals surface area (Å²) in [6.45, 7) is 0.565. The van der Waals surface area contributed by atoms with Crippen LogP contribution in [0.1, 0.15) is 18.3 Å². The molecule has 25 heavy (non-hydrogen) atoms. The van der Waals surface area contributed by atoms with E-state index in [1.165, 1.54) is 0 Å². The van der Waals surface area contributed by atoms with Gasteiger partial charge >= 0.3 is 0 Å². The molecule has 0 saturated carbocycles. The van der Waals surface area contributed by atoms with Gasteiger partial charge in [-0.05, 0) is 37.2 Å². The minimum Gasteiger partial charge on any atom is -0.375 e. The fourth-order valence-corrected chi connectivity index (χ4v) is 2.24. The van der Waals surface area contributed by atoms with Gasteiger partial charge in [0.25, 0.3) is 0 Å². The van der Waals surface area contributed by atoms with Gasteiger partial charge in [-0.25, -0.2) is 4.98 Å². The Hall–Kier alpha value is -1.86. The van der Waals surface area contributed by atoms with E-state index in [0.29, 0.717) is 12.4 Å². The molecule has 136 valence electrons. The number of pyridine rings is 1. The second-order valence-corrected chi connectivity index (χ2v) is 4.92. The minimum atomic E-state index is -0.00418. The highest BCUT2D eigenvalue weighted by atomic mass is 35.5. The van der Waals surface area contributed by atoms with Crippen molar-refractivity contribution in [3.05, 3.63) is 60.7 Å². The molecule has 0 radical (unpaired) electrons. The molecule has 2 aromatic heterocycles. The Bertz CT molecular complexity index is 708. The SMILES string of the molecule is Cl.Cl.Cl.NCCC(Nc1ccccc1)c1nc(-c2ccncc2)n[nH]1. The number of rotatable bonds is 6. The van der Waals surface area contributed by atoms with E-state index in [4.69, 9.17) is 5.73 Å².